The lowest BCUT2D eigenvalue weighted by Crippen LogP contribution is -2.43. The van der Waals surface area contributed by atoms with E-state index in [1.807, 2.05) is 0 Å². The van der Waals surface area contributed by atoms with Crippen LogP contribution >= 0.6 is 0 Å². The van der Waals surface area contributed by atoms with E-state index in [2.05, 4.69) is 30.8 Å². The van der Waals surface area contributed by atoms with Gasteiger partial charge in [0.1, 0.15) is 0 Å². The van der Waals surface area contributed by atoms with Gasteiger partial charge in [-0.05, 0) is 25.7 Å². The van der Waals surface area contributed by atoms with Gasteiger partial charge in [0, 0.05) is 20.6 Å². The van der Waals surface area contributed by atoms with Gasteiger partial charge in [0.15, 0.2) is 5.96 Å². The normalized spacial score (nSPS) is 30.5. The van der Waals surface area contributed by atoms with E-state index in [4.69, 9.17) is 4.99 Å². The number of hydrogen-bond donors (Lipinski definition) is 0. The maximum atomic E-state index is 4.82. The van der Waals surface area contributed by atoms with Gasteiger partial charge in [-0.15, -0.1) is 0 Å². The van der Waals surface area contributed by atoms with Crippen molar-refractivity contribution in [2.75, 3.05) is 20.6 Å². The van der Waals surface area contributed by atoms with Crippen LogP contribution in [0.15, 0.2) is 4.99 Å². The molecule has 0 spiro atoms. The van der Waals surface area contributed by atoms with Gasteiger partial charge in [-0.2, -0.15) is 0 Å². The Balaban J connectivity index is 2.14. The summed E-state index contributed by atoms with van der Waals surface area (Å²) in [4.78, 5) is 9.49. The molecule has 0 aromatic carbocycles. The molecule has 0 aromatic heterocycles. The third kappa shape index (κ3) is 1.49. The van der Waals surface area contributed by atoms with E-state index < -0.39 is 0 Å². The van der Waals surface area contributed by atoms with Crippen LogP contribution in [0.4, 0.5) is 0 Å². The molecule has 1 aliphatic carbocycles. The van der Waals surface area contributed by atoms with Crippen LogP contribution in [0.25, 0.3) is 0 Å². The van der Waals surface area contributed by atoms with E-state index in [-0.39, 0.29) is 0 Å². The van der Waals surface area contributed by atoms with Crippen molar-refractivity contribution in [3.05, 3.63) is 0 Å². The van der Waals surface area contributed by atoms with Gasteiger partial charge < -0.3 is 9.80 Å². The molecule has 1 saturated carbocycles. The number of nitrogens with zero attached hydrogens (tertiary/aromatic N) is 3. The number of rotatable bonds is 2. The number of hydrogen-bond acceptors (Lipinski definition) is 3. The molecule has 2 atom stereocenters. The van der Waals surface area contributed by atoms with Gasteiger partial charge in [0.25, 0.3) is 0 Å². The lowest BCUT2D eigenvalue weighted by Gasteiger charge is -2.29. The number of fused-ring (bicyclic) bond motifs is 1. The molecule has 0 amide bonds. The Hall–Kier alpha value is -0.730. The predicted molar refractivity (Wildman–Crippen MR) is 59.5 cm³/mol. The Bertz CT molecular complexity index is 235. The molecule has 2 rings (SSSR count). The van der Waals surface area contributed by atoms with E-state index in [0.717, 1.165) is 6.54 Å². The quantitative estimate of drug-likeness (QED) is 0.666. The first-order valence-corrected chi connectivity index (χ1v) is 5.75. The summed E-state index contributed by atoms with van der Waals surface area (Å²) in [7, 11) is 4.20. The van der Waals surface area contributed by atoms with Gasteiger partial charge in [0.05, 0.1) is 12.1 Å². The molecule has 14 heavy (non-hydrogen) atoms. The molecule has 3 heteroatoms. The molecule has 80 valence electrons. The zero-order chi connectivity index (χ0) is 10.1. The second-order valence-corrected chi connectivity index (χ2v) is 4.58. The molecule has 0 bridgehead atoms. The summed E-state index contributed by atoms with van der Waals surface area (Å²) in [5.41, 5.74) is 0. The summed E-state index contributed by atoms with van der Waals surface area (Å²) in [6, 6.07) is 1.31. The third-order valence-electron chi connectivity index (χ3n) is 3.25. The minimum atomic E-state index is 0.596. The maximum Gasteiger partial charge on any atom is 0.196 e. The van der Waals surface area contributed by atoms with E-state index in [1.165, 1.54) is 31.6 Å². The smallest absolute Gasteiger partial charge is 0.196 e. The first-order chi connectivity index (χ1) is 6.74. The Labute approximate surface area is 86.8 Å². The van der Waals surface area contributed by atoms with Crippen molar-refractivity contribution in [2.24, 2.45) is 4.99 Å². The Morgan fingerprint density at radius 2 is 2.21 bits per heavy atom. The van der Waals surface area contributed by atoms with Crippen LogP contribution in [-0.4, -0.2) is 48.5 Å². The highest BCUT2D eigenvalue weighted by Gasteiger charge is 2.39. The first kappa shape index (κ1) is 9.81. The van der Waals surface area contributed by atoms with Crippen LogP contribution in [0.2, 0.25) is 0 Å². The molecule has 0 radical (unpaired) electrons. The van der Waals surface area contributed by atoms with Crippen LogP contribution in [-0.2, 0) is 0 Å². The van der Waals surface area contributed by atoms with Crippen molar-refractivity contribution in [3.63, 3.8) is 0 Å². The fraction of sp³-hybridized carbons (Fsp3) is 0.909. The topological polar surface area (TPSA) is 18.8 Å². The minimum Gasteiger partial charge on any atom is -0.349 e. The zero-order valence-electron chi connectivity index (χ0n) is 9.53. The van der Waals surface area contributed by atoms with Gasteiger partial charge >= 0.3 is 0 Å². The van der Waals surface area contributed by atoms with Crippen LogP contribution in [0, 0.1) is 0 Å². The molecule has 1 aliphatic heterocycles. The molecule has 0 unspecified atom stereocenters. The molecular weight excluding hydrogens is 174 g/mol. The summed E-state index contributed by atoms with van der Waals surface area (Å²) in [5, 5.41) is 0. The minimum absolute atomic E-state index is 0.596. The van der Waals surface area contributed by atoms with Crippen LogP contribution in [0.3, 0.4) is 0 Å². The average Bonchev–Trinajstić information content (AvgIpc) is 2.67. The molecule has 1 heterocycles. The molecule has 0 N–H and O–H groups in total. The van der Waals surface area contributed by atoms with Crippen molar-refractivity contribution >= 4 is 5.96 Å². The number of aliphatic imine (C=N–C) groups is 1. The zero-order valence-corrected chi connectivity index (χ0v) is 9.53. The van der Waals surface area contributed by atoms with Crippen molar-refractivity contribution in [2.45, 2.75) is 44.7 Å². The van der Waals surface area contributed by atoms with Crippen molar-refractivity contribution in [3.8, 4) is 0 Å². The molecule has 2 aliphatic rings. The lowest BCUT2D eigenvalue weighted by molar-refractivity contribution is 0.300. The maximum absolute atomic E-state index is 4.82. The van der Waals surface area contributed by atoms with Crippen molar-refractivity contribution in [1.82, 2.24) is 9.80 Å². The summed E-state index contributed by atoms with van der Waals surface area (Å²) >= 11 is 0. The molecule has 3 nitrogen and oxygen atoms in total. The highest BCUT2D eigenvalue weighted by atomic mass is 15.4. The Morgan fingerprint density at radius 3 is 2.86 bits per heavy atom. The summed E-state index contributed by atoms with van der Waals surface area (Å²) in [6.45, 7) is 3.41. The second-order valence-electron chi connectivity index (χ2n) is 4.58. The Kier molecular flexibility index (Phi) is 2.66. The Morgan fingerprint density at radius 1 is 1.43 bits per heavy atom. The van der Waals surface area contributed by atoms with Crippen LogP contribution in [0.1, 0.15) is 32.6 Å². The standard InChI is InChI=1S/C11H21N3/c1-4-8-14-10-7-5-6-9(10)12-11(14)13(2)3/h9-10H,4-8H2,1-3H3/t9-,10+/m0/s1. The summed E-state index contributed by atoms with van der Waals surface area (Å²) in [5.74, 6) is 1.21. The fourth-order valence-electron chi connectivity index (χ4n) is 2.68. The van der Waals surface area contributed by atoms with Crippen molar-refractivity contribution < 1.29 is 0 Å². The summed E-state index contributed by atoms with van der Waals surface area (Å²) < 4.78 is 0. The highest BCUT2D eigenvalue weighted by molar-refractivity contribution is 5.82. The monoisotopic (exact) mass is 195 g/mol. The van der Waals surface area contributed by atoms with Crippen LogP contribution < -0.4 is 0 Å². The third-order valence-corrected chi connectivity index (χ3v) is 3.25. The van der Waals surface area contributed by atoms with Gasteiger partial charge in [-0.25, -0.2) is 4.99 Å². The highest BCUT2D eigenvalue weighted by Crippen LogP contribution is 2.32. The molecule has 1 fully saturated rings. The van der Waals surface area contributed by atoms with Gasteiger partial charge in [-0.3, -0.25) is 0 Å². The SMILES string of the molecule is CCCN1C(N(C)C)=N[C@H]2CCC[C@H]21. The first-order valence-electron chi connectivity index (χ1n) is 5.75. The molecule has 0 aromatic rings. The predicted octanol–water partition coefficient (Wildman–Crippen LogP) is 1.55. The largest absolute Gasteiger partial charge is 0.349 e. The van der Waals surface area contributed by atoms with Gasteiger partial charge in [0.2, 0.25) is 0 Å². The van der Waals surface area contributed by atoms with E-state index >= 15 is 0 Å². The molecular formula is C11H21N3. The van der Waals surface area contributed by atoms with Crippen LogP contribution in [0.5, 0.6) is 0 Å². The van der Waals surface area contributed by atoms with E-state index in [0.29, 0.717) is 12.1 Å². The molecule has 0 saturated heterocycles. The van der Waals surface area contributed by atoms with E-state index in [1.54, 1.807) is 0 Å². The van der Waals surface area contributed by atoms with Gasteiger partial charge in [-0.1, -0.05) is 6.92 Å². The summed E-state index contributed by atoms with van der Waals surface area (Å²) in [6.07, 6.45) is 5.21. The second kappa shape index (κ2) is 3.79. The van der Waals surface area contributed by atoms with E-state index in [9.17, 15) is 0 Å². The fourth-order valence-corrected chi connectivity index (χ4v) is 2.68. The van der Waals surface area contributed by atoms with Crippen molar-refractivity contribution in [1.29, 1.82) is 0 Å². The lowest BCUT2D eigenvalue weighted by atomic mass is 10.2. The number of guanidine groups is 1. The average molecular weight is 195 g/mol.